The largest absolute Gasteiger partial charge is 0.829 e. The third-order valence-electron chi connectivity index (χ3n) is 2.36. The molecule has 1 unspecified atom stereocenters. The number of hydrogen-bond donors (Lipinski definition) is 4. The molecule has 0 spiro atoms. The molecule has 1 saturated heterocycles. The van der Waals surface area contributed by atoms with Gasteiger partial charge in [-0.25, -0.2) is 0 Å². The Labute approximate surface area is 92.9 Å². The van der Waals surface area contributed by atoms with Crippen molar-refractivity contribution in [2.45, 2.75) is 50.3 Å². The van der Waals surface area contributed by atoms with E-state index in [9.17, 15) is 15.3 Å². The predicted molar refractivity (Wildman–Crippen MR) is 48.9 cm³/mol. The summed E-state index contributed by atoms with van der Waals surface area (Å²) >= 11 is 0. The maximum absolute atomic E-state index is 11.4. The summed E-state index contributed by atoms with van der Waals surface area (Å²) in [5.74, 6) is -1.14. The van der Waals surface area contributed by atoms with E-state index < -0.39 is 43.1 Å². The van der Waals surface area contributed by atoms with Gasteiger partial charge in [0, 0.05) is 6.29 Å². The highest BCUT2D eigenvalue weighted by molar-refractivity contribution is 4.87. The van der Waals surface area contributed by atoms with Crippen LogP contribution in [0.2, 0.25) is 0 Å². The smallest absolute Gasteiger partial charge is 0.162 e. The van der Waals surface area contributed by atoms with Crippen LogP contribution in [0.3, 0.4) is 0 Å². The van der Waals surface area contributed by atoms with Gasteiger partial charge in [0.05, 0.1) is 6.61 Å². The molecule has 4 N–H and O–H groups in total. The van der Waals surface area contributed by atoms with Crippen molar-refractivity contribution in [2.75, 3.05) is 6.61 Å². The van der Waals surface area contributed by atoms with E-state index in [0.29, 0.717) is 0 Å². The molecule has 5 atom stereocenters. The standard InChI is InChI=1S/C9H17O7/c1-9(2)15-7(8(14)16-9)6(13)5(12)4(11)3-10/h4-8,10-13H,3H2,1-2H3/q-1/t4-,5-,6+,7-,8?/m1/s1. The Morgan fingerprint density at radius 3 is 2.19 bits per heavy atom. The van der Waals surface area contributed by atoms with Crippen LogP contribution >= 0.6 is 0 Å². The van der Waals surface area contributed by atoms with E-state index in [-0.39, 0.29) is 0 Å². The third-order valence-corrected chi connectivity index (χ3v) is 2.36. The number of aliphatic hydroxyl groups excluding tert-OH is 4. The van der Waals surface area contributed by atoms with Gasteiger partial charge in [-0.15, -0.1) is 0 Å². The normalized spacial score (nSPS) is 34.7. The van der Waals surface area contributed by atoms with Crippen LogP contribution in [-0.4, -0.2) is 63.5 Å². The summed E-state index contributed by atoms with van der Waals surface area (Å²) in [6.07, 6.45) is -7.75. The maximum atomic E-state index is 11.4. The Kier molecular flexibility index (Phi) is 4.24. The molecule has 0 aromatic carbocycles. The summed E-state index contributed by atoms with van der Waals surface area (Å²) in [5, 5.41) is 48.1. The summed E-state index contributed by atoms with van der Waals surface area (Å²) in [6, 6.07) is 0. The molecule has 0 amide bonds. The molecular formula is C9H17O7-. The third kappa shape index (κ3) is 2.89. The molecule has 1 aliphatic heterocycles. The average Bonchev–Trinajstić information content (AvgIpc) is 2.48. The molecule has 0 aliphatic carbocycles. The number of rotatable bonds is 4. The van der Waals surface area contributed by atoms with Crippen LogP contribution < -0.4 is 5.11 Å². The molecule has 0 radical (unpaired) electrons. The quantitative estimate of drug-likeness (QED) is 0.408. The molecule has 16 heavy (non-hydrogen) atoms. The fourth-order valence-electron chi connectivity index (χ4n) is 1.52. The van der Waals surface area contributed by atoms with Gasteiger partial charge < -0.3 is 35.0 Å². The van der Waals surface area contributed by atoms with E-state index in [2.05, 4.69) is 0 Å². The van der Waals surface area contributed by atoms with Gasteiger partial charge in [-0.05, 0) is 13.8 Å². The van der Waals surface area contributed by atoms with Crippen LogP contribution in [0.25, 0.3) is 0 Å². The second-order valence-corrected chi connectivity index (χ2v) is 4.20. The van der Waals surface area contributed by atoms with Crippen molar-refractivity contribution in [2.24, 2.45) is 0 Å². The fourth-order valence-corrected chi connectivity index (χ4v) is 1.52. The molecule has 0 bridgehead atoms. The molecule has 1 fully saturated rings. The van der Waals surface area contributed by atoms with Gasteiger partial charge in [0.1, 0.15) is 24.4 Å². The Morgan fingerprint density at radius 2 is 1.81 bits per heavy atom. The summed E-state index contributed by atoms with van der Waals surface area (Å²) in [6.45, 7) is 2.28. The minimum atomic E-state index is -1.66. The minimum absolute atomic E-state index is 0.723. The van der Waals surface area contributed by atoms with Crippen LogP contribution in [0.1, 0.15) is 13.8 Å². The summed E-state index contributed by atoms with van der Waals surface area (Å²) in [7, 11) is 0. The monoisotopic (exact) mass is 237 g/mol. The van der Waals surface area contributed by atoms with Gasteiger partial charge in [-0.2, -0.15) is 0 Å². The lowest BCUT2D eigenvalue weighted by Crippen LogP contribution is -2.52. The SMILES string of the molecule is CC1(C)OC([O-])[C@@H]([C@@H](O)[C@H](O)[C@H](O)CO)O1. The summed E-state index contributed by atoms with van der Waals surface area (Å²) < 4.78 is 9.95. The van der Waals surface area contributed by atoms with Gasteiger partial charge in [-0.3, -0.25) is 0 Å². The van der Waals surface area contributed by atoms with Crippen molar-refractivity contribution in [1.29, 1.82) is 0 Å². The van der Waals surface area contributed by atoms with Gasteiger partial charge in [0.25, 0.3) is 0 Å². The molecule has 7 heteroatoms. The number of aliphatic hydroxyl groups is 4. The Bertz CT molecular complexity index is 232. The van der Waals surface area contributed by atoms with Gasteiger partial charge in [0.2, 0.25) is 0 Å². The van der Waals surface area contributed by atoms with E-state index in [1.807, 2.05) is 0 Å². The van der Waals surface area contributed by atoms with Crippen molar-refractivity contribution >= 4 is 0 Å². The van der Waals surface area contributed by atoms with E-state index in [4.69, 9.17) is 19.7 Å². The molecule has 1 aliphatic rings. The second kappa shape index (κ2) is 4.92. The molecule has 7 nitrogen and oxygen atoms in total. The first-order chi connectivity index (χ1) is 7.28. The van der Waals surface area contributed by atoms with Crippen LogP contribution in [-0.2, 0) is 9.47 Å². The second-order valence-electron chi connectivity index (χ2n) is 4.20. The first-order valence-corrected chi connectivity index (χ1v) is 4.95. The van der Waals surface area contributed by atoms with Crippen molar-refractivity contribution in [3.63, 3.8) is 0 Å². The number of ether oxygens (including phenoxy) is 2. The molecule has 96 valence electrons. The molecule has 0 aromatic heterocycles. The van der Waals surface area contributed by atoms with E-state index in [1.165, 1.54) is 13.8 Å². The highest BCUT2D eigenvalue weighted by atomic mass is 16.8. The maximum Gasteiger partial charge on any atom is 0.162 e. The van der Waals surface area contributed by atoms with E-state index >= 15 is 0 Å². The zero-order valence-corrected chi connectivity index (χ0v) is 9.11. The average molecular weight is 237 g/mol. The Hall–Kier alpha value is -0.280. The van der Waals surface area contributed by atoms with Crippen molar-refractivity contribution in [3.8, 4) is 0 Å². The van der Waals surface area contributed by atoms with Crippen LogP contribution in [0.4, 0.5) is 0 Å². The Morgan fingerprint density at radius 1 is 1.25 bits per heavy atom. The number of hydrogen-bond acceptors (Lipinski definition) is 7. The molecule has 0 aromatic rings. The van der Waals surface area contributed by atoms with Crippen molar-refractivity contribution in [1.82, 2.24) is 0 Å². The van der Waals surface area contributed by atoms with Gasteiger partial charge in [0.15, 0.2) is 5.79 Å². The summed E-state index contributed by atoms with van der Waals surface area (Å²) in [4.78, 5) is 0. The molecule has 0 saturated carbocycles. The lowest BCUT2D eigenvalue weighted by Gasteiger charge is -2.30. The highest BCUT2D eigenvalue weighted by Crippen LogP contribution is 2.28. The van der Waals surface area contributed by atoms with Gasteiger partial charge >= 0.3 is 0 Å². The van der Waals surface area contributed by atoms with Crippen molar-refractivity contribution < 1.29 is 35.0 Å². The highest BCUT2D eigenvalue weighted by Gasteiger charge is 2.43. The van der Waals surface area contributed by atoms with E-state index in [0.717, 1.165) is 0 Å². The van der Waals surface area contributed by atoms with Crippen LogP contribution in [0.5, 0.6) is 0 Å². The zero-order valence-electron chi connectivity index (χ0n) is 9.11. The topological polar surface area (TPSA) is 122 Å². The first kappa shape index (κ1) is 13.8. The lowest BCUT2D eigenvalue weighted by atomic mass is 10.0. The Balaban J connectivity index is 2.64. The fraction of sp³-hybridized carbons (Fsp3) is 1.00. The minimum Gasteiger partial charge on any atom is -0.829 e. The predicted octanol–water partition coefficient (Wildman–Crippen LogP) is -3.10. The zero-order chi connectivity index (χ0) is 12.5. The van der Waals surface area contributed by atoms with Crippen LogP contribution in [0.15, 0.2) is 0 Å². The molecule has 1 heterocycles. The molecule has 1 rings (SSSR count). The summed E-state index contributed by atoms with van der Waals surface area (Å²) in [5.41, 5.74) is 0. The first-order valence-electron chi connectivity index (χ1n) is 4.95. The van der Waals surface area contributed by atoms with Crippen molar-refractivity contribution in [3.05, 3.63) is 0 Å². The van der Waals surface area contributed by atoms with E-state index in [1.54, 1.807) is 0 Å². The molecular weight excluding hydrogens is 220 g/mol. The van der Waals surface area contributed by atoms with Gasteiger partial charge in [-0.1, -0.05) is 0 Å². The van der Waals surface area contributed by atoms with Crippen LogP contribution in [0, 0.1) is 0 Å². The lowest BCUT2D eigenvalue weighted by molar-refractivity contribution is -0.495.